The van der Waals surface area contributed by atoms with Gasteiger partial charge in [-0.05, 0) is 32.1 Å². The molecule has 23 heavy (non-hydrogen) atoms. The van der Waals surface area contributed by atoms with Crippen molar-refractivity contribution in [3.63, 3.8) is 0 Å². The van der Waals surface area contributed by atoms with Crippen LogP contribution in [0.4, 0.5) is 0 Å². The van der Waals surface area contributed by atoms with Gasteiger partial charge in [-0.25, -0.2) is 0 Å². The molecule has 0 fully saturated rings. The zero-order chi connectivity index (χ0) is 17.5. The number of allylic oxidation sites excluding steroid dienone is 1. The van der Waals surface area contributed by atoms with Crippen LogP contribution >= 0.6 is 0 Å². The summed E-state index contributed by atoms with van der Waals surface area (Å²) in [7, 11) is 0. The number of aliphatic hydroxyl groups excluding tert-OH is 3. The van der Waals surface area contributed by atoms with Gasteiger partial charge >= 0.3 is 5.97 Å². The molecule has 0 aromatic heterocycles. The summed E-state index contributed by atoms with van der Waals surface area (Å²) in [5.74, 6) is -0.799. The molecule has 0 aliphatic rings. The minimum absolute atomic E-state index is 0.155. The number of carboxylic acid groups (broad SMARTS) is 1. The Morgan fingerprint density at radius 1 is 0.957 bits per heavy atom. The van der Waals surface area contributed by atoms with Gasteiger partial charge in [0.2, 0.25) is 0 Å². The zero-order valence-electron chi connectivity index (χ0n) is 14.4. The molecule has 5 nitrogen and oxygen atoms in total. The molecule has 0 heterocycles. The van der Waals surface area contributed by atoms with E-state index in [1.165, 1.54) is 12.8 Å². The lowest BCUT2D eigenvalue weighted by Crippen LogP contribution is -2.29. The molecule has 0 aliphatic heterocycles. The predicted octanol–water partition coefficient (Wildman–Crippen LogP) is 3.02. The molecule has 136 valence electrons. The van der Waals surface area contributed by atoms with Crippen LogP contribution in [0.15, 0.2) is 12.2 Å². The van der Waals surface area contributed by atoms with Crippen LogP contribution in [0.5, 0.6) is 0 Å². The number of aliphatic hydroxyl groups is 3. The number of rotatable bonds is 15. The van der Waals surface area contributed by atoms with Gasteiger partial charge in [-0.15, -0.1) is 0 Å². The second-order valence-electron chi connectivity index (χ2n) is 6.22. The van der Waals surface area contributed by atoms with E-state index in [0.29, 0.717) is 19.3 Å². The van der Waals surface area contributed by atoms with Gasteiger partial charge in [-0.2, -0.15) is 0 Å². The van der Waals surface area contributed by atoms with E-state index in [-0.39, 0.29) is 12.8 Å². The first kappa shape index (κ1) is 22.1. The van der Waals surface area contributed by atoms with E-state index >= 15 is 0 Å². The Morgan fingerprint density at radius 2 is 1.70 bits per heavy atom. The van der Waals surface area contributed by atoms with Crippen LogP contribution in [-0.4, -0.2) is 44.7 Å². The standard InChI is InChI=1S/C18H34O5/c1-2-3-4-5-6-9-12-16(20)17(21)14-15(19)11-8-7-10-13-18(22)23/h6,9,15-17,19-21H,2-5,7-8,10-14H2,1H3,(H,22,23). The molecule has 0 aromatic carbocycles. The Kier molecular flexibility index (Phi) is 14.1. The highest BCUT2D eigenvalue weighted by Gasteiger charge is 2.18. The second-order valence-corrected chi connectivity index (χ2v) is 6.22. The number of carboxylic acids is 1. The highest BCUT2D eigenvalue weighted by molar-refractivity contribution is 5.66. The Hall–Kier alpha value is -0.910. The van der Waals surface area contributed by atoms with Crippen molar-refractivity contribution in [2.45, 2.75) is 95.9 Å². The number of hydrogen-bond acceptors (Lipinski definition) is 4. The lowest BCUT2D eigenvalue weighted by atomic mass is 10.00. The normalized spacial score (nSPS) is 15.7. The summed E-state index contributed by atoms with van der Waals surface area (Å²) >= 11 is 0. The fourth-order valence-corrected chi connectivity index (χ4v) is 2.41. The molecule has 0 amide bonds. The van der Waals surface area contributed by atoms with E-state index in [9.17, 15) is 20.1 Å². The van der Waals surface area contributed by atoms with Crippen molar-refractivity contribution in [1.29, 1.82) is 0 Å². The van der Waals surface area contributed by atoms with Crippen LogP contribution in [0, 0.1) is 0 Å². The summed E-state index contributed by atoms with van der Waals surface area (Å²) in [4.78, 5) is 10.4. The molecule has 0 saturated heterocycles. The quantitative estimate of drug-likeness (QED) is 0.273. The molecule has 0 rings (SSSR count). The monoisotopic (exact) mass is 330 g/mol. The first-order valence-electron chi connectivity index (χ1n) is 8.88. The minimum Gasteiger partial charge on any atom is -0.481 e. The van der Waals surface area contributed by atoms with Crippen molar-refractivity contribution >= 4 is 5.97 Å². The lowest BCUT2D eigenvalue weighted by Gasteiger charge is -2.19. The van der Waals surface area contributed by atoms with Gasteiger partial charge in [-0.1, -0.05) is 44.8 Å². The lowest BCUT2D eigenvalue weighted by molar-refractivity contribution is -0.137. The Balaban J connectivity index is 3.71. The highest BCUT2D eigenvalue weighted by Crippen LogP contribution is 2.13. The summed E-state index contributed by atoms with van der Waals surface area (Å²) in [5.41, 5.74) is 0. The second kappa shape index (κ2) is 14.7. The molecule has 4 N–H and O–H groups in total. The van der Waals surface area contributed by atoms with Crippen LogP contribution in [0.1, 0.15) is 77.6 Å². The topological polar surface area (TPSA) is 98.0 Å². The number of carbonyl (C=O) groups is 1. The molecule has 0 spiro atoms. The smallest absolute Gasteiger partial charge is 0.303 e. The van der Waals surface area contributed by atoms with Crippen molar-refractivity contribution in [3.05, 3.63) is 12.2 Å². The van der Waals surface area contributed by atoms with Crippen molar-refractivity contribution < 1.29 is 25.2 Å². The molecule has 0 aromatic rings. The number of aliphatic carboxylic acids is 1. The van der Waals surface area contributed by atoms with Crippen molar-refractivity contribution in [3.8, 4) is 0 Å². The maximum Gasteiger partial charge on any atom is 0.303 e. The number of unbranched alkanes of at least 4 members (excludes halogenated alkanes) is 5. The van der Waals surface area contributed by atoms with Crippen LogP contribution in [0.2, 0.25) is 0 Å². The highest BCUT2D eigenvalue weighted by atomic mass is 16.4. The molecule has 0 bridgehead atoms. The molecule has 0 radical (unpaired) electrons. The summed E-state index contributed by atoms with van der Waals surface area (Å²) in [6.07, 6.45) is 9.35. The largest absolute Gasteiger partial charge is 0.481 e. The van der Waals surface area contributed by atoms with Crippen LogP contribution in [-0.2, 0) is 4.79 Å². The average Bonchev–Trinajstić information content (AvgIpc) is 2.49. The van der Waals surface area contributed by atoms with E-state index in [1.807, 2.05) is 12.2 Å². The molecular weight excluding hydrogens is 296 g/mol. The summed E-state index contributed by atoms with van der Waals surface area (Å²) < 4.78 is 0. The molecule has 0 aliphatic carbocycles. The zero-order valence-corrected chi connectivity index (χ0v) is 14.4. The van der Waals surface area contributed by atoms with Gasteiger partial charge in [0.1, 0.15) is 0 Å². The predicted molar refractivity (Wildman–Crippen MR) is 91.3 cm³/mol. The van der Waals surface area contributed by atoms with Gasteiger partial charge in [0, 0.05) is 12.8 Å². The average molecular weight is 330 g/mol. The maximum absolute atomic E-state index is 10.4. The van der Waals surface area contributed by atoms with E-state index in [4.69, 9.17) is 5.11 Å². The first-order chi connectivity index (χ1) is 11.0. The van der Waals surface area contributed by atoms with Crippen LogP contribution in [0.25, 0.3) is 0 Å². The maximum atomic E-state index is 10.4. The van der Waals surface area contributed by atoms with Gasteiger partial charge in [0.05, 0.1) is 18.3 Å². The van der Waals surface area contributed by atoms with Gasteiger partial charge < -0.3 is 20.4 Å². The fraction of sp³-hybridized carbons (Fsp3) is 0.833. The van der Waals surface area contributed by atoms with Crippen molar-refractivity contribution in [2.75, 3.05) is 0 Å². The summed E-state index contributed by atoms with van der Waals surface area (Å²) in [6.45, 7) is 2.15. The summed E-state index contributed by atoms with van der Waals surface area (Å²) in [5, 5.41) is 38.1. The third kappa shape index (κ3) is 14.4. The number of hydrogen-bond donors (Lipinski definition) is 4. The third-order valence-electron chi connectivity index (χ3n) is 3.90. The Morgan fingerprint density at radius 3 is 2.35 bits per heavy atom. The Bertz CT molecular complexity index is 317. The van der Waals surface area contributed by atoms with Gasteiger partial charge in [-0.3, -0.25) is 4.79 Å². The Labute approximate surface area is 140 Å². The first-order valence-corrected chi connectivity index (χ1v) is 8.88. The summed E-state index contributed by atoms with van der Waals surface area (Å²) in [6, 6.07) is 0. The van der Waals surface area contributed by atoms with Crippen molar-refractivity contribution in [1.82, 2.24) is 0 Å². The van der Waals surface area contributed by atoms with Gasteiger partial charge in [0.15, 0.2) is 0 Å². The molecule has 3 atom stereocenters. The molecule has 0 saturated carbocycles. The SMILES string of the molecule is CCCCCC=CCC(O)C(O)CC(O)CCCCCC(=O)O. The minimum atomic E-state index is -0.927. The van der Waals surface area contributed by atoms with Crippen molar-refractivity contribution in [2.24, 2.45) is 0 Å². The third-order valence-corrected chi connectivity index (χ3v) is 3.90. The van der Waals surface area contributed by atoms with Crippen LogP contribution < -0.4 is 0 Å². The van der Waals surface area contributed by atoms with E-state index in [2.05, 4.69) is 6.92 Å². The fourth-order valence-electron chi connectivity index (χ4n) is 2.41. The molecular formula is C18H34O5. The van der Waals surface area contributed by atoms with E-state index in [1.54, 1.807) is 0 Å². The van der Waals surface area contributed by atoms with E-state index in [0.717, 1.165) is 25.7 Å². The molecule has 5 heteroatoms. The van der Waals surface area contributed by atoms with E-state index < -0.39 is 24.3 Å². The van der Waals surface area contributed by atoms with Gasteiger partial charge in [0.25, 0.3) is 0 Å². The molecule has 3 unspecified atom stereocenters. The van der Waals surface area contributed by atoms with Crippen LogP contribution in [0.3, 0.4) is 0 Å².